The first-order valence-corrected chi connectivity index (χ1v) is 8.88. The van der Waals surface area contributed by atoms with Gasteiger partial charge in [0.25, 0.3) is 11.7 Å². The Kier molecular flexibility index (Phi) is 4.01. The molecule has 114 valence electrons. The van der Waals surface area contributed by atoms with Gasteiger partial charge in [-0.15, -0.1) is 0 Å². The van der Waals surface area contributed by atoms with E-state index in [1.54, 1.807) is 39.0 Å². The minimum absolute atomic E-state index is 0.0202. The van der Waals surface area contributed by atoms with Crippen LogP contribution in [0.3, 0.4) is 0 Å². The molecular weight excluding hydrogens is 358 g/mol. The molecule has 1 aromatic carbocycles. The van der Waals surface area contributed by atoms with E-state index in [2.05, 4.69) is 15.9 Å². The molecule has 0 aliphatic carbocycles. The molecule has 0 unspecified atom stereocenters. The van der Waals surface area contributed by atoms with Crippen molar-refractivity contribution in [2.45, 2.75) is 25.5 Å². The number of carbonyl (C=O) groups is 2. The summed E-state index contributed by atoms with van der Waals surface area (Å²) in [5.74, 6) is -1.46. The van der Waals surface area contributed by atoms with Crippen molar-refractivity contribution in [3.8, 4) is 0 Å². The standard InChI is InChI=1S/C14H16BrNO4S/c1-14(2,3)21(19,20)8-7-16-10-6-4-5-9(15)11(10)12(17)13(16)18/h4-6H,7-8H2,1-3H3. The zero-order valence-corrected chi connectivity index (χ0v) is 14.4. The van der Waals surface area contributed by atoms with Crippen molar-refractivity contribution in [1.29, 1.82) is 0 Å². The fraction of sp³-hybridized carbons (Fsp3) is 0.429. The van der Waals surface area contributed by atoms with E-state index in [9.17, 15) is 18.0 Å². The van der Waals surface area contributed by atoms with Gasteiger partial charge in [-0.2, -0.15) is 0 Å². The van der Waals surface area contributed by atoms with E-state index in [0.29, 0.717) is 15.7 Å². The maximum atomic E-state index is 12.1. The number of anilines is 1. The highest BCUT2D eigenvalue weighted by molar-refractivity contribution is 9.10. The lowest BCUT2D eigenvalue weighted by atomic mass is 10.1. The summed E-state index contributed by atoms with van der Waals surface area (Å²) in [5, 5.41) is 0. The molecule has 5 nitrogen and oxygen atoms in total. The largest absolute Gasteiger partial charge is 0.304 e. The Balaban J connectivity index is 2.30. The van der Waals surface area contributed by atoms with Gasteiger partial charge < -0.3 is 4.90 Å². The average molecular weight is 374 g/mol. The Morgan fingerprint density at radius 3 is 2.38 bits per heavy atom. The number of halogens is 1. The van der Waals surface area contributed by atoms with E-state index >= 15 is 0 Å². The van der Waals surface area contributed by atoms with Crippen LogP contribution in [0.4, 0.5) is 5.69 Å². The number of hydrogen-bond acceptors (Lipinski definition) is 4. The maximum absolute atomic E-state index is 12.1. The van der Waals surface area contributed by atoms with Crippen molar-refractivity contribution in [1.82, 2.24) is 0 Å². The van der Waals surface area contributed by atoms with Crippen LogP contribution in [-0.4, -0.2) is 37.2 Å². The molecule has 1 aliphatic rings. The quantitative estimate of drug-likeness (QED) is 0.761. The first-order valence-electron chi connectivity index (χ1n) is 6.43. The van der Waals surface area contributed by atoms with E-state index in [1.165, 1.54) is 4.90 Å². The Bertz CT molecular complexity index is 719. The van der Waals surface area contributed by atoms with E-state index < -0.39 is 26.3 Å². The highest BCUT2D eigenvalue weighted by Crippen LogP contribution is 2.34. The molecule has 0 saturated carbocycles. The van der Waals surface area contributed by atoms with Gasteiger partial charge in [0.2, 0.25) is 0 Å². The third kappa shape index (κ3) is 2.76. The van der Waals surface area contributed by atoms with E-state index in [-0.39, 0.29) is 12.3 Å². The summed E-state index contributed by atoms with van der Waals surface area (Å²) in [6.45, 7) is 4.82. The van der Waals surface area contributed by atoms with Crippen LogP contribution < -0.4 is 4.90 Å². The van der Waals surface area contributed by atoms with Crippen molar-refractivity contribution in [3.63, 3.8) is 0 Å². The van der Waals surface area contributed by atoms with Crippen molar-refractivity contribution in [2.24, 2.45) is 0 Å². The lowest BCUT2D eigenvalue weighted by Crippen LogP contribution is -2.38. The molecule has 0 N–H and O–H groups in total. The molecule has 7 heteroatoms. The first kappa shape index (κ1) is 16.2. The van der Waals surface area contributed by atoms with Gasteiger partial charge in [-0.05, 0) is 48.8 Å². The van der Waals surface area contributed by atoms with Gasteiger partial charge >= 0.3 is 0 Å². The summed E-state index contributed by atoms with van der Waals surface area (Å²) < 4.78 is 23.9. The highest BCUT2D eigenvalue weighted by Gasteiger charge is 2.38. The predicted molar refractivity (Wildman–Crippen MR) is 84.4 cm³/mol. The number of Topliss-reactive ketones (excluding diaryl/α,β-unsaturated/α-hetero) is 1. The minimum atomic E-state index is -3.36. The van der Waals surface area contributed by atoms with Gasteiger partial charge in [0.05, 0.1) is 21.8 Å². The van der Waals surface area contributed by atoms with Crippen LogP contribution in [0.1, 0.15) is 31.1 Å². The predicted octanol–water partition coefficient (Wildman–Crippen LogP) is 2.19. The summed E-state index contributed by atoms with van der Waals surface area (Å²) in [5.41, 5.74) is 0.763. The summed E-state index contributed by atoms with van der Waals surface area (Å²) in [4.78, 5) is 25.3. The molecule has 0 fully saturated rings. The number of rotatable bonds is 3. The van der Waals surface area contributed by atoms with E-state index in [1.807, 2.05) is 0 Å². The summed E-state index contributed by atoms with van der Waals surface area (Å²) >= 11 is 3.25. The van der Waals surface area contributed by atoms with Crippen molar-refractivity contribution in [2.75, 3.05) is 17.2 Å². The molecule has 1 amide bonds. The lowest BCUT2D eigenvalue weighted by molar-refractivity contribution is -0.114. The molecule has 0 radical (unpaired) electrons. The molecule has 0 bridgehead atoms. The van der Waals surface area contributed by atoms with Gasteiger partial charge in [0.15, 0.2) is 9.84 Å². The Morgan fingerprint density at radius 2 is 1.81 bits per heavy atom. The van der Waals surface area contributed by atoms with Crippen molar-refractivity contribution in [3.05, 3.63) is 28.2 Å². The van der Waals surface area contributed by atoms with Crippen LogP contribution in [0.15, 0.2) is 22.7 Å². The zero-order valence-electron chi connectivity index (χ0n) is 12.0. The second kappa shape index (κ2) is 5.21. The van der Waals surface area contributed by atoms with Gasteiger partial charge in [0, 0.05) is 11.0 Å². The third-order valence-corrected chi connectivity index (χ3v) is 6.71. The van der Waals surface area contributed by atoms with E-state index in [0.717, 1.165) is 0 Å². The van der Waals surface area contributed by atoms with Gasteiger partial charge in [-0.3, -0.25) is 9.59 Å². The maximum Gasteiger partial charge on any atom is 0.299 e. The summed E-state index contributed by atoms with van der Waals surface area (Å²) in [7, 11) is -3.36. The average Bonchev–Trinajstić information content (AvgIpc) is 2.60. The molecule has 1 aliphatic heterocycles. The number of sulfone groups is 1. The number of ketones is 1. The number of fused-ring (bicyclic) bond motifs is 1. The van der Waals surface area contributed by atoms with Gasteiger partial charge in [-0.25, -0.2) is 8.42 Å². The molecule has 0 aromatic heterocycles. The lowest BCUT2D eigenvalue weighted by Gasteiger charge is -2.22. The van der Waals surface area contributed by atoms with E-state index in [4.69, 9.17) is 0 Å². The number of carbonyl (C=O) groups excluding carboxylic acids is 2. The Morgan fingerprint density at radius 1 is 1.19 bits per heavy atom. The number of amides is 1. The van der Waals surface area contributed by atoms with Crippen LogP contribution in [0.5, 0.6) is 0 Å². The normalized spacial score (nSPS) is 15.5. The Labute approximate surface area is 132 Å². The van der Waals surface area contributed by atoms with Crippen molar-refractivity contribution < 1.29 is 18.0 Å². The number of benzene rings is 1. The fourth-order valence-electron chi connectivity index (χ4n) is 2.04. The van der Waals surface area contributed by atoms with Crippen LogP contribution in [0, 0.1) is 0 Å². The summed E-state index contributed by atoms with van der Waals surface area (Å²) in [6.07, 6.45) is 0. The molecule has 0 saturated heterocycles. The minimum Gasteiger partial charge on any atom is -0.304 e. The molecule has 1 aromatic rings. The molecule has 0 spiro atoms. The van der Waals surface area contributed by atoms with Crippen molar-refractivity contribution >= 4 is 43.1 Å². The van der Waals surface area contributed by atoms with Crippen LogP contribution >= 0.6 is 15.9 Å². The fourth-order valence-corrected chi connectivity index (χ4v) is 3.61. The topological polar surface area (TPSA) is 71.5 Å². The van der Waals surface area contributed by atoms with Crippen LogP contribution in [0.25, 0.3) is 0 Å². The Hall–Kier alpha value is -1.21. The van der Waals surface area contributed by atoms with Crippen LogP contribution in [0.2, 0.25) is 0 Å². The number of nitrogens with zero attached hydrogens (tertiary/aromatic N) is 1. The zero-order chi connectivity index (χ0) is 16.0. The van der Waals surface area contributed by atoms with Gasteiger partial charge in [-0.1, -0.05) is 6.07 Å². The monoisotopic (exact) mass is 373 g/mol. The highest BCUT2D eigenvalue weighted by atomic mass is 79.9. The second-order valence-electron chi connectivity index (χ2n) is 5.85. The molecule has 21 heavy (non-hydrogen) atoms. The molecule has 0 atom stereocenters. The van der Waals surface area contributed by atoms with Crippen LogP contribution in [-0.2, 0) is 14.6 Å². The molecule has 2 rings (SSSR count). The summed E-state index contributed by atoms with van der Waals surface area (Å²) in [6, 6.07) is 5.03. The smallest absolute Gasteiger partial charge is 0.299 e. The molecular formula is C14H16BrNO4S. The SMILES string of the molecule is CC(C)(C)S(=O)(=O)CCN1C(=O)C(=O)c2c(Br)cccc21. The number of hydrogen-bond donors (Lipinski definition) is 0. The van der Waals surface area contributed by atoms with Gasteiger partial charge in [0.1, 0.15) is 0 Å². The first-order chi connectivity index (χ1) is 9.56. The molecule has 1 heterocycles. The third-order valence-electron chi connectivity index (χ3n) is 3.47. The second-order valence-corrected chi connectivity index (χ2v) is 9.57.